The lowest BCUT2D eigenvalue weighted by atomic mass is 9.95. The standard InChI is InChI=1S/C15H16F3N3/c16-15(17,18)12-5-6-21-13(7-12)8-14(20-21)11-3-1-10(9-19)2-4-11/h1-4,8,12H,5-7,9,19H2. The van der Waals surface area contributed by atoms with Crippen LogP contribution < -0.4 is 5.73 Å². The van der Waals surface area contributed by atoms with Gasteiger partial charge in [0.15, 0.2) is 0 Å². The van der Waals surface area contributed by atoms with E-state index in [1.165, 1.54) is 0 Å². The van der Waals surface area contributed by atoms with Crippen molar-refractivity contribution < 1.29 is 13.2 Å². The zero-order valence-electron chi connectivity index (χ0n) is 11.4. The van der Waals surface area contributed by atoms with Gasteiger partial charge in [0.05, 0.1) is 11.6 Å². The first-order valence-electron chi connectivity index (χ1n) is 6.90. The van der Waals surface area contributed by atoms with Crippen molar-refractivity contribution in [2.45, 2.75) is 32.1 Å². The van der Waals surface area contributed by atoms with E-state index in [0.29, 0.717) is 18.8 Å². The Hall–Kier alpha value is -1.82. The second-order valence-corrected chi connectivity index (χ2v) is 5.38. The number of nitrogens with two attached hydrogens (primary N) is 1. The van der Waals surface area contributed by atoms with Gasteiger partial charge in [-0.25, -0.2) is 0 Å². The first kappa shape index (κ1) is 14.1. The first-order valence-corrected chi connectivity index (χ1v) is 6.90. The number of hydrogen-bond acceptors (Lipinski definition) is 2. The Kier molecular flexibility index (Phi) is 3.49. The molecule has 3 rings (SSSR count). The summed E-state index contributed by atoms with van der Waals surface area (Å²) in [6, 6.07) is 9.38. The second-order valence-electron chi connectivity index (χ2n) is 5.38. The smallest absolute Gasteiger partial charge is 0.326 e. The third-order valence-corrected chi connectivity index (χ3v) is 3.96. The fourth-order valence-corrected chi connectivity index (χ4v) is 2.68. The molecule has 2 aromatic rings. The average molecular weight is 295 g/mol. The van der Waals surface area contributed by atoms with Crippen molar-refractivity contribution in [3.8, 4) is 11.3 Å². The van der Waals surface area contributed by atoms with Gasteiger partial charge in [0.1, 0.15) is 0 Å². The summed E-state index contributed by atoms with van der Waals surface area (Å²) in [5.74, 6) is -1.26. The van der Waals surface area contributed by atoms with Crippen LogP contribution in [0.4, 0.5) is 13.2 Å². The number of alkyl halides is 3. The van der Waals surface area contributed by atoms with Crippen LogP contribution in [0.5, 0.6) is 0 Å². The molecule has 1 aromatic heterocycles. The lowest BCUT2D eigenvalue weighted by Crippen LogP contribution is -2.31. The molecule has 3 nitrogen and oxygen atoms in total. The van der Waals surface area contributed by atoms with Gasteiger partial charge in [0.25, 0.3) is 0 Å². The fraction of sp³-hybridized carbons (Fsp3) is 0.400. The van der Waals surface area contributed by atoms with Crippen LogP contribution in [0.3, 0.4) is 0 Å². The van der Waals surface area contributed by atoms with Gasteiger partial charge in [-0.3, -0.25) is 4.68 Å². The van der Waals surface area contributed by atoms with Crippen LogP contribution in [0.25, 0.3) is 11.3 Å². The van der Waals surface area contributed by atoms with Crippen LogP contribution in [0.1, 0.15) is 17.7 Å². The highest BCUT2D eigenvalue weighted by Gasteiger charge is 2.41. The zero-order chi connectivity index (χ0) is 15.0. The molecular weight excluding hydrogens is 279 g/mol. The second kappa shape index (κ2) is 5.18. The lowest BCUT2D eigenvalue weighted by Gasteiger charge is -2.25. The summed E-state index contributed by atoms with van der Waals surface area (Å²) in [6.45, 7) is 0.785. The monoisotopic (exact) mass is 295 g/mol. The van der Waals surface area contributed by atoms with E-state index in [1.54, 1.807) is 10.7 Å². The van der Waals surface area contributed by atoms with Crippen molar-refractivity contribution in [1.82, 2.24) is 9.78 Å². The minimum Gasteiger partial charge on any atom is -0.326 e. The zero-order valence-corrected chi connectivity index (χ0v) is 11.4. The van der Waals surface area contributed by atoms with Crippen molar-refractivity contribution >= 4 is 0 Å². The van der Waals surface area contributed by atoms with Gasteiger partial charge >= 0.3 is 6.18 Å². The van der Waals surface area contributed by atoms with Gasteiger partial charge in [-0.15, -0.1) is 0 Å². The van der Waals surface area contributed by atoms with E-state index in [9.17, 15) is 13.2 Å². The van der Waals surface area contributed by atoms with Gasteiger partial charge in [-0.1, -0.05) is 24.3 Å². The van der Waals surface area contributed by atoms with E-state index in [0.717, 1.165) is 16.8 Å². The Morgan fingerprint density at radius 3 is 2.57 bits per heavy atom. The van der Waals surface area contributed by atoms with Crippen molar-refractivity contribution in [3.05, 3.63) is 41.6 Å². The van der Waals surface area contributed by atoms with E-state index in [4.69, 9.17) is 5.73 Å². The Morgan fingerprint density at radius 1 is 1.24 bits per heavy atom. The summed E-state index contributed by atoms with van der Waals surface area (Å²) in [5, 5.41) is 4.41. The van der Waals surface area contributed by atoms with Crippen LogP contribution >= 0.6 is 0 Å². The molecule has 0 aliphatic carbocycles. The molecule has 1 aliphatic heterocycles. The number of aryl methyl sites for hydroxylation is 1. The minimum atomic E-state index is -4.13. The molecule has 0 saturated carbocycles. The molecule has 112 valence electrons. The molecule has 6 heteroatoms. The summed E-state index contributed by atoms with van der Waals surface area (Å²) < 4.78 is 40.1. The number of halogens is 3. The van der Waals surface area contributed by atoms with Crippen molar-refractivity contribution in [3.63, 3.8) is 0 Å². The molecule has 0 amide bonds. The Balaban J connectivity index is 1.86. The van der Waals surface area contributed by atoms with Gasteiger partial charge < -0.3 is 5.73 Å². The van der Waals surface area contributed by atoms with Crippen LogP contribution in [0.2, 0.25) is 0 Å². The molecule has 0 bridgehead atoms. The van der Waals surface area contributed by atoms with Crippen molar-refractivity contribution in [1.29, 1.82) is 0 Å². The van der Waals surface area contributed by atoms with Gasteiger partial charge in [-0.05, 0) is 18.1 Å². The molecule has 1 atom stereocenters. The summed E-state index contributed by atoms with van der Waals surface area (Å²) in [6.07, 6.45) is -4.01. The summed E-state index contributed by atoms with van der Waals surface area (Å²) >= 11 is 0. The number of aromatic nitrogens is 2. The number of rotatable bonds is 2. The van der Waals surface area contributed by atoms with Gasteiger partial charge in [-0.2, -0.15) is 18.3 Å². The Bertz CT molecular complexity index is 629. The summed E-state index contributed by atoms with van der Waals surface area (Å²) in [5.41, 5.74) is 8.84. The van der Waals surface area contributed by atoms with E-state index < -0.39 is 12.1 Å². The molecule has 0 spiro atoms. The largest absolute Gasteiger partial charge is 0.392 e. The van der Waals surface area contributed by atoms with E-state index in [2.05, 4.69) is 5.10 Å². The van der Waals surface area contributed by atoms with Crippen LogP contribution in [0.15, 0.2) is 30.3 Å². The van der Waals surface area contributed by atoms with E-state index in [1.807, 2.05) is 24.3 Å². The highest BCUT2D eigenvalue weighted by molar-refractivity contribution is 5.59. The Labute approximate surface area is 120 Å². The third-order valence-electron chi connectivity index (χ3n) is 3.96. The molecule has 0 fully saturated rings. The van der Waals surface area contributed by atoms with Crippen molar-refractivity contribution in [2.75, 3.05) is 0 Å². The number of fused-ring (bicyclic) bond motifs is 1. The molecule has 2 N–H and O–H groups in total. The Morgan fingerprint density at radius 2 is 1.95 bits per heavy atom. The predicted molar refractivity (Wildman–Crippen MR) is 73.4 cm³/mol. The molecule has 1 aromatic carbocycles. The maximum Gasteiger partial charge on any atom is 0.392 e. The third kappa shape index (κ3) is 2.81. The van der Waals surface area contributed by atoms with Crippen molar-refractivity contribution in [2.24, 2.45) is 11.7 Å². The normalized spacial score (nSPS) is 18.6. The summed E-state index contributed by atoms with van der Waals surface area (Å²) in [4.78, 5) is 0. The summed E-state index contributed by atoms with van der Waals surface area (Å²) in [7, 11) is 0. The van der Waals surface area contributed by atoms with E-state index in [-0.39, 0.29) is 12.8 Å². The minimum absolute atomic E-state index is 0.0113. The highest BCUT2D eigenvalue weighted by Crippen LogP contribution is 2.35. The highest BCUT2D eigenvalue weighted by atomic mass is 19.4. The molecule has 21 heavy (non-hydrogen) atoms. The predicted octanol–water partition coefficient (Wildman–Crippen LogP) is 3.13. The molecule has 1 aliphatic rings. The number of hydrogen-bond donors (Lipinski definition) is 1. The maximum atomic E-state index is 12.8. The van der Waals surface area contributed by atoms with Gasteiger partial charge in [0, 0.05) is 30.8 Å². The van der Waals surface area contributed by atoms with Gasteiger partial charge in [0.2, 0.25) is 0 Å². The molecule has 0 radical (unpaired) electrons. The lowest BCUT2D eigenvalue weighted by molar-refractivity contribution is -0.179. The first-order chi connectivity index (χ1) is 9.97. The maximum absolute atomic E-state index is 12.8. The molecule has 0 saturated heterocycles. The SMILES string of the molecule is NCc1ccc(-c2cc3n(n2)CCC(C(F)(F)F)C3)cc1. The van der Waals surface area contributed by atoms with Crippen LogP contribution in [-0.2, 0) is 19.5 Å². The molecular formula is C15H16F3N3. The quantitative estimate of drug-likeness (QED) is 0.925. The topological polar surface area (TPSA) is 43.8 Å². The van der Waals surface area contributed by atoms with Crippen LogP contribution in [-0.4, -0.2) is 16.0 Å². The molecule has 1 unspecified atom stereocenters. The molecule has 2 heterocycles. The van der Waals surface area contributed by atoms with E-state index >= 15 is 0 Å². The number of benzene rings is 1. The van der Waals surface area contributed by atoms with Crippen LogP contribution in [0, 0.1) is 5.92 Å². The average Bonchev–Trinajstić information content (AvgIpc) is 2.89. The fourth-order valence-electron chi connectivity index (χ4n) is 2.68. The number of nitrogens with zero attached hydrogens (tertiary/aromatic N) is 2.